The first-order valence-electron chi connectivity index (χ1n) is 7.95. The summed E-state index contributed by atoms with van der Waals surface area (Å²) in [6, 6.07) is 3.05. The lowest BCUT2D eigenvalue weighted by molar-refractivity contribution is 0.0429. The quantitative estimate of drug-likeness (QED) is 0.892. The topological polar surface area (TPSA) is 29.3 Å². The van der Waals surface area contributed by atoms with Crippen LogP contribution in [0.2, 0.25) is 0 Å². The van der Waals surface area contributed by atoms with Crippen LogP contribution in [0.1, 0.15) is 52.0 Å². The Morgan fingerprint density at radius 2 is 2.15 bits per heavy atom. The van der Waals surface area contributed by atoms with E-state index < -0.39 is 0 Å². The first kappa shape index (κ1) is 14.6. The van der Waals surface area contributed by atoms with Gasteiger partial charge in [-0.05, 0) is 59.4 Å². The van der Waals surface area contributed by atoms with Gasteiger partial charge in [-0.1, -0.05) is 20.8 Å². The highest BCUT2D eigenvalue weighted by Crippen LogP contribution is 2.52. The average molecular weight is 292 g/mol. The van der Waals surface area contributed by atoms with Gasteiger partial charge in [-0.15, -0.1) is 0 Å². The van der Waals surface area contributed by atoms with E-state index in [1.807, 2.05) is 0 Å². The molecule has 0 aliphatic heterocycles. The van der Waals surface area contributed by atoms with Crippen LogP contribution < -0.4 is 5.73 Å². The Balaban J connectivity index is 1.88. The summed E-state index contributed by atoms with van der Waals surface area (Å²) in [6.07, 6.45) is 5.27. The third-order valence-electron chi connectivity index (χ3n) is 5.41. The van der Waals surface area contributed by atoms with Crippen LogP contribution in [-0.2, 0) is 6.54 Å². The third kappa shape index (κ3) is 2.56. The Bertz CT molecular complexity index is 450. The van der Waals surface area contributed by atoms with Gasteiger partial charge in [0.25, 0.3) is 0 Å². The normalized spacial score (nSPS) is 33.0. The highest BCUT2D eigenvalue weighted by molar-refractivity contribution is 7.07. The van der Waals surface area contributed by atoms with E-state index in [-0.39, 0.29) is 5.54 Å². The molecule has 2 N–H and O–H groups in total. The molecule has 0 aromatic carbocycles. The fourth-order valence-electron chi connectivity index (χ4n) is 4.48. The fourth-order valence-corrected chi connectivity index (χ4v) is 5.14. The van der Waals surface area contributed by atoms with Gasteiger partial charge in [0.15, 0.2) is 0 Å². The van der Waals surface area contributed by atoms with Crippen molar-refractivity contribution in [3.63, 3.8) is 0 Å². The van der Waals surface area contributed by atoms with Crippen LogP contribution >= 0.6 is 11.3 Å². The molecule has 3 heteroatoms. The molecule has 2 fully saturated rings. The van der Waals surface area contributed by atoms with Gasteiger partial charge in [0.05, 0.1) is 0 Å². The first-order valence-corrected chi connectivity index (χ1v) is 8.89. The van der Waals surface area contributed by atoms with Gasteiger partial charge in [0.2, 0.25) is 0 Å². The molecule has 2 aliphatic carbocycles. The molecule has 0 bridgehead atoms. The number of hydrogen-bond donors (Lipinski definition) is 1. The largest absolute Gasteiger partial charge is 0.329 e. The van der Waals surface area contributed by atoms with Gasteiger partial charge in [-0.2, -0.15) is 11.3 Å². The monoisotopic (exact) mass is 292 g/mol. The maximum Gasteiger partial charge on any atom is 0.0368 e. The molecule has 20 heavy (non-hydrogen) atoms. The summed E-state index contributed by atoms with van der Waals surface area (Å²) in [5, 5.41) is 4.49. The lowest BCUT2D eigenvalue weighted by Gasteiger charge is -2.45. The lowest BCUT2D eigenvalue weighted by atomic mass is 9.84. The van der Waals surface area contributed by atoms with E-state index >= 15 is 0 Å². The van der Waals surface area contributed by atoms with E-state index in [1.165, 1.54) is 31.2 Å². The van der Waals surface area contributed by atoms with Crippen molar-refractivity contribution in [2.45, 2.75) is 64.6 Å². The van der Waals surface area contributed by atoms with E-state index in [1.54, 1.807) is 11.3 Å². The highest BCUT2D eigenvalue weighted by Gasteiger charge is 2.54. The predicted octanol–water partition coefficient (Wildman–Crippen LogP) is 3.87. The Labute approximate surface area is 127 Å². The molecule has 2 unspecified atom stereocenters. The van der Waals surface area contributed by atoms with Gasteiger partial charge >= 0.3 is 0 Å². The van der Waals surface area contributed by atoms with Crippen molar-refractivity contribution in [1.29, 1.82) is 0 Å². The van der Waals surface area contributed by atoms with E-state index in [0.717, 1.165) is 19.1 Å². The average Bonchev–Trinajstić information content (AvgIpc) is 3.02. The second kappa shape index (κ2) is 5.11. The predicted molar refractivity (Wildman–Crippen MR) is 86.8 cm³/mol. The molecule has 1 aromatic rings. The van der Waals surface area contributed by atoms with Gasteiger partial charge < -0.3 is 5.73 Å². The molecule has 0 amide bonds. The van der Waals surface area contributed by atoms with Crippen LogP contribution in [0.15, 0.2) is 16.8 Å². The van der Waals surface area contributed by atoms with Gasteiger partial charge in [0.1, 0.15) is 0 Å². The Kier molecular flexibility index (Phi) is 3.72. The minimum Gasteiger partial charge on any atom is -0.329 e. The van der Waals surface area contributed by atoms with E-state index in [9.17, 15) is 0 Å². The first-order chi connectivity index (χ1) is 9.47. The maximum atomic E-state index is 6.34. The summed E-state index contributed by atoms with van der Waals surface area (Å²) < 4.78 is 0. The fraction of sp³-hybridized carbons (Fsp3) is 0.765. The molecule has 1 aromatic heterocycles. The van der Waals surface area contributed by atoms with E-state index in [0.29, 0.717) is 11.3 Å². The second-order valence-electron chi connectivity index (χ2n) is 7.74. The molecular weight excluding hydrogens is 264 g/mol. The lowest BCUT2D eigenvalue weighted by Crippen LogP contribution is -2.56. The smallest absolute Gasteiger partial charge is 0.0368 e. The van der Waals surface area contributed by atoms with Crippen molar-refractivity contribution in [3.8, 4) is 0 Å². The van der Waals surface area contributed by atoms with Crippen molar-refractivity contribution in [3.05, 3.63) is 22.4 Å². The molecule has 0 saturated heterocycles. The third-order valence-corrected chi connectivity index (χ3v) is 6.14. The van der Waals surface area contributed by atoms with Gasteiger partial charge in [0, 0.05) is 24.7 Å². The number of thiophene rings is 1. The molecule has 0 radical (unpaired) electrons. The Hall–Kier alpha value is -0.380. The van der Waals surface area contributed by atoms with Crippen LogP contribution in [0.3, 0.4) is 0 Å². The van der Waals surface area contributed by atoms with Crippen LogP contribution in [0.4, 0.5) is 0 Å². The summed E-state index contributed by atoms with van der Waals surface area (Å²) in [7, 11) is 0. The summed E-state index contributed by atoms with van der Waals surface area (Å²) in [5.41, 5.74) is 8.45. The number of rotatable bonds is 5. The molecule has 0 spiro atoms. The van der Waals surface area contributed by atoms with Crippen molar-refractivity contribution >= 4 is 11.3 Å². The summed E-state index contributed by atoms with van der Waals surface area (Å²) >= 11 is 1.81. The van der Waals surface area contributed by atoms with Crippen molar-refractivity contribution in [2.24, 2.45) is 17.1 Å². The highest BCUT2D eigenvalue weighted by atomic mass is 32.1. The molecule has 2 nitrogen and oxygen atoms in total. The number of nitrogens with two attached hydrogens (primary N) is 1. The summed E-state index contributed by atoms with van der Waals surface area (Å²) in [6.45, 7) is 9.14. The molecule has 1 heterocycles. The van der Waals surface area contributed by atoms with Gasteiger partial charge in [-0.3, -0.25) is 4.90 Å². The zero-order valence-corrected chi connectivity index (χ0v) is 13.9. The minimum absolute atomic E-state index is 0.215. The Morgan fingerprint density at radius 3 is 2.60 bits per heavy atom. The standard InChI is InChI=1S/C17H28N2S/c1-13-8-16(2,3)11-17(13,12-18)19(15-4-5-15)9-14-6-7-20-10-14/h6-7,10,13,15H,4-5,8-9,11-12,18H2,1-3H3. The molecule has 2 saturated carbocycles. The van der Waals surface area contributed by atoms with Crippen molar-refractivity contribution in [1.82, 2.24) is 4.90 Å². The molecule has 2 atom stereocenters. The van der Waals surface area contributed by atoms with Crippen LogP contribution in [-0.4, -0.2) is 23.0 Å². The SMILES string of the molecule is CC1CC(C)(C)CC1(CN)N(Cc1ccsc1)C1CC1. The van der Waals surface area contributed by atoms with Crippen LogP contribution in [0.5, 0.6) is 0 Å². The van der Waals surface area contributed by atoms with Crippen molar-refractivity contribution in [2.75, 3.05) is 6.54 Å². The second-order valence-corrected chi connectivity index (χ2v) is 8.52. The van der Waals surface area contributed by atoms with Gasteiger partial charge in [-0.25, -0.2) is 0 Å². The van der Waals surface area contributed by atoms with Crippen LogP contribution in [0.25, 0.3) is 0 Å². The summed E-state index contributed by atoms with van der Waals surface area (Å²) in [4.78, 5) is 2.77. The van der Waals surface area contributed by atoms with Crippen LogP contribution in [0, 0.1) is 11.3 Å². The minimum atomic E-state index is 0.215. The number of nitrogens with zero attached hydrogens (tertiary/aromatic N) is 1. The molecule has 3 rings (SSSR count). The zero-order chi connectivity index (χ0) is 14.4. The molecule has 112 valence electrons. The molecule has 2 aliphatic rings. The number of hydrogen-bond acceptors (Lipinski definition) is 3. The van der Waals surface area contributed by atoms with E-state index in [4.69, 9.17) is 5.73 Å². The molecular formula is C17H28N2S. The maximum absolute atomic E-state index is 6.34. The zero-order valence-electron chi connectivity index (χ0n) is 13.1. The Morgan fingerprint density at radius 1 is 1.40 bits per heavy atom. The van der Waals surface area contributed by atoms with Crippen molar-refractivity contribution < 1.29 is 0 Å². The van der Waals surface area contributed by atoms with E-state index in [2.05, 4.69) is 42.5 Å². The summed E-state index contributed by atoms with van der Waals surface area (Å²) in [5.74, 6) is 0.696.